The van der Waals surface area contributed by atoms with Gasteiger partial charge < -0.3 is 0 Å². The number of rotatable bonds is 2. The first-order valence-corrected chi connectivity index (χ1v) is 4.88. The predicted molar refractivity (Wildman–Crippen MR) is 56.2 cm³/mol. The lowest BCUT2D eigenvalue weighted by Gasteiger charge is -2.03. The van der Waals surface area contributed by atoms with Gasteiger partial charge in [-0.05, 0) is 12.1 Å². The zero-order chi connectivity index (χ0) is 10.7. The maximum absolute atomic E-state index is 11.2. The van der Waals surface area contributed by atoms with Crippen molar-refractivity contribution in [3.8, 4) is 6.07 Å². The van der Waals surface area contributed by atoms with E-state index in [2.05, 4.69) is 0 Å². The third-order valence-electron chi connectivity index (χ3n) is 1.62. The molecule has 0 saturated heterocycles. The number of benzene rings is 1. The molecule has 1 aromatic carbocycles. The third-order valence-corrected chi connectivity index (χ3v) is 2.57. The Bertz CT molecular complexity index is 423. The highest BCUT2D eigenvalue weighted by molar-refractivity contribution is 6.40. The fraction of sp³-hybridized carbons (Fsp3) is 0.111. The molecule has 0 heterocycles. The van der Waals surface area contributed by atoms with Crippen LogP contribution in [-0.2, 0) is 0 Å². The number of carbonyl (C=O) groups is 1. The second kappa shape index (κ2) is 4.65. The van der Waals surface area contributed by atoms with E-state index in [0.717, 1.165) is 0 Å². The number of nitriles is 1. The van der Waals surface area contributed by atoms with E-state index in [1.54, 1.807) is 0 Å². The molecule has 0 aliphatic rings. The maximum Gasteiger partial charge on any atom is 0.179 e. The molecule has 0 fully saturated rings. The summed E-state index contributed by atoms with van der Waals surface area (Å²) in [5, 5.41) is 9.00. The monoisotopic (exact) mass is 247 g/mol. The second-order valence-electron chi connectivity index (χ2n) is 2.45. The Morgan fingerprint density at radius 2 is 2.07 bits per heavy atom. The molecule has 1 aromatic rings. The molecule has 0 radical (unpaired) electrons. The summed E-state index contributed by atoms with van der Waals surface area (Å²) in [5.74, 6) is -0.503. The highest BCUT2D eigenvalue weighted by Crippen LogP contribution is 2.27. The second-order valence-corrected chi connectivity index (χ2v) is 3.50. The van der Waals surface area contributed by atoms with E-state index in [0.29, 0.717) is 0 Å². The SMILES string of the molecule is N#Cc1c(Cl)ccc(C(=O)CCl)c1Cl. The lowest BCUT2D eigenvalue weighted by atomic mass is 10.1. The third kappa shape index (κ3) is 2.01. The summed E-state index contributed by atoms with van der Waals surface area (Å²) in [6.45, 7) is 0. The molecule has 0 atom stereocenters. The highest BCUT2D eigenvalue weighted by Gasteiger charge is 2.14. The quantitative estimate of drug-likeness (QED) is 0.595. The minimum absolute atomic E-state index is 0.0608. The first kappa shape index (κ1) is 11.3. The molecule has 14 heavy (non-hydrogen) atoms. The fourth-order valence-corrected chi connectivity index (χ4v) is 1.65. The largest absolute Gasteiger partial charge is 0.293 e. The Balaban J connectivity index is 3.37. The molecule has 0 aliphatic heterocycles. The van der Waals surface area contributed by atoms with Crippen molar-refractivity contribution in [3.05, 3.63) is 33.3 Å². The number of halogens is 3. The van der Waals surface area contributed by atoms with Gasteiger partial charge in [0.15, 0.2) is 5.78 Å². The summed E-state index contributed by atoms with van der Waals surface area (Å²) < 4.78 is 0. The molecule has 1 rings (SSSR count). The topological polar surface area (TPSA) is 40.9 Å². The van der Waals surface area contributed by atoms with Gasteiger partial charge in [0.2, 0.25) is 0 Å². The van der Waals surface area contributed by atoms with Gasteiger partial charge >= 0.3 is 0 Å². The van der Waals surface area contributed by atoms with Crippen LogP contribution in [0.5, 0.6) is 0 Å². The van der Waals surface area contributed by atoms with Crippen LogP contribution >= 0.6 is 34.8 Å². The van der Waals surface area contributed by atoms with Crippen LogP contribution in [0, 0.1) is 11.3 Å². The minimum Gasteiger partial charge on any atom is -0.293 e. The number of hydrogen-bond donors (Lipinski definition) is 0. The average Bonchev–Trinajstić information content (AvgIpc) is 2.18. The van der Waals surface area contributed by atoms with Gasteiger partial charge in [0.25, 0.3) is 0 Å². The zero-order valence-electron chi connectivity index (χ0n) is 6.85. The molecule has 0 saturated carbocycles. The van der Waals surface area contributed by atoms with E-state index >= 15 is 0 Å². The van der Waals surface area contributed by atoms with Crippen LogP contribution < -0.4 is 0 Å². The van der Waals surface area contributed by atoms with Gasteiger partial charge in [0.1, 0.15) is 6.07 Å². The van der Waals surface area contributed by atoms with Crippen LogP contribution in [0.15, 0.2) is 12.1 Å². The van der Waals surface area contributed by atoms with Crippen molar-refractivity contribution in [1.29, 1.82) is 5.26 Å². The van der Waals surface area contributed by atoms with Gasteiger partial charge in [-0.1, -0.05) is 23.2 Å². The van der Waals surface area contributed by atoms with Crippen LogP contribution in [0.25, 0.3) is 0 Å². The van der Waals surface area contributed by atoms with E-state index in [-0.39, 0.29) is 32.8 Å². The number of nitrogens with zero attached hydrogens (tertiary/aromatic N) is 1. The normalized spacial score (nSPS) is 9.57. The van der Waals surface area contributed by atoms with Crippen LogP contribution in [0.2, 0.25) is 10.0 Å². The Kier molecular flexibility index (Phi) is 3.77. The molecule has 0 bridgehead atoms. The van der Waals surface area contributed by atoms with E-state index in [1.807, 2.05) is 6.07 Å². The summed E-state index contributed by atoms with van der Waals surface area (Å²) in [5.41, 5.74) is 0.326. The van der Waals surface area contributed by atoms with E-state index < -0.39 is 0 Å². The molecule has 0 N–H and O–H groups in total. The van der Waals surface area contributed by atoms with Crippen molar-refractivity contribution in [3.63, 3.8) is 0 Å². The summed E-state index contributed by atoms with van der Waals surface area (Å²) in [4.78, 5) is 11.2. The van der Waals surface area contributed by atoms with Gasteiger partial charge in [0.05, 0.1) is 21.5 Å². The van der Waals surface area contributed by atoms with E-state index in [1.165, 1.54) is 12.1 Å². The fourth-order valence-electron chi connectivity index (χ4n) is 0.942. The summed E-state index contributed by atoms with van der Waals surface area (Å²) in [7, 11) is 0. The summed E-state index contributed by atoms with van der Waals surface area (Å²) in [6.07, 6.45) is 0. The average molecular weight is 248 g/mol. The van der Waals surface area contributed by atoms with E-state index in [9.17, 15) is 4.79 Å². The number of carbonyl (C=O) groups excluding carboxylic acids is 1. The van der Waals surface area contributed by atoms with Gasteiger partial charge in [0, 0.05) is 5.56 Å². The molecule has 0 spiro atoms. The number of ketones is 1. The molecule has 0 aliphatic carbocycles. The smallest absolute Gasteiger partial charge is 0.179 e. The van der Waals surface area contributed by atoms with Gasteiger partial charge in [-0.3, -0.25) is 4.79 Å². The molecule has 72 valence electrons. The first-order chi connectivity index (χ1) is 6.61. The van der Waals surface area contributed by atoms with Crippen LogP contribution in [0.4, 0.5) is 0 Å². The Hall–Kier alpha value is -0.750. The van der Waals surface area contributed by atoms with Crippen molar-refractivity contribution in [1.82, 2.24) is 0 Å². The number of hydrogen-bond acceptors (Lipinski definition) is 2. The molecule has 2 nitrogen and oxygen atoms in total. The molecule has 0 unspecified atom stereocenters. The van der Waals surface area contributed by atoms with Crippen molar-refractivity contribution < 1.29 is 4.79 Å². The Labute approximate surface area is 96.0 Å². The van der Waals surface area contributed by atoms with Crippen LogP contribution in [0.1, 0.15) is 15.9 Å². The van der Waals surface area contributed by atoms with Crippen molar-refractivity contribution in [2.24, 2.45) is 0 Å². The van der Waals surface area contributed by atoms with Gasteiger partial charge in [-0.15, -0.1) is 11.6 Å². The van der Waals surface area contributed by atoms with Crippen LogP contribution in [0.3, 0.4) is 0 Å². The van der Waals surface area contributed by atoms with E-state index in [4.69, 9.17) is 40.1 Å². The molecule has 0 aromatic heterocycles. The lowest BCUT2D eigenvalue weighted by Crippen LogP contribution is -2.02. The molecular weight excluding hydrogens is 244 g/mol. The first-order valence-electron chi connectivity index (χ1n) is 3.59. The molecule has 0 amide bonds. The highest BCUT2D eigenvalue weighted by atomic mass is 35.5. The van der Waals surface area contributed by atoms with Crippen LogP contribution in [-0.4, -0.2) is 11.7 Å². The Morgan fingerprint density at radius 3 is 2.57 bits per heavy atom. The number of Topliss-reactive ketones (excluding diaryl/α,β-unsaturated/α-hetero) is 1. The predicted octanol–water partition coefficient (Wildman–Crippen LogP) is 3.29. The van der Waals surface area contributed by atoms with Crippen molar-refractivity contribution >= 4 is 40.6 Å². The maximum atomic E-state index is 11.2. The summed E-state index contributed by atoms with van der Waals surface area (Å²) >= 11 is 16.9. The van der Waals surface area contributed by atoms with Gasteiger partial charge in [-0.25, -0.2) is 0 Å². The zero-order valence-corrected chi connectivity index (χ0v) is 9.12. The molecule has 5 heteroatoms. The minimum atomic E-state index is -0.329. The van der Waals surface area contributed by atoms with Gasteiger partial charge in [-0.2, -0.15) is 5.26 Å². The van der Waals surface area contributed by atoms with Crippen molar-refractivity contribution in [2.75, 3.05) is 5.88 Å². The molecular formula is C9H4Cl3NO. The summed E-state index contributed by atoms with van der Waals surface area (Å²) in [6, 6.07) is 4.73. The standard InChI is InChI=1S/C9H4Cl3NO/c10-3-8(14)5-1-2-7(11)6(4-13)9(5)12/h1-2H,3H2. The lowest BCUT2D eigenvalue weighted by molar-refractivity contribution is 0.102. The Morgan fingerprint density at radius 1 is 1.43 bits per heavy atom. The number of alkyl halides is 1. The van der Waals surface area contributed by atoms with Crippen molar-refractivity contribution in [2.45, 2.75) is 0 Å².